The Kier molecular flexibility index (Phi) is 5.27. The maximum Gasteiger partial charge on any atom is 0.336 e. The van der Waals surface area contributed by atoms with E-state index in [0.717, 1.165) is 4.57 Å². The van der Waals surface area contributed by atoms with Crippen molar-refractivity contribution in [1.82, 2.24) is 9.13 Å². The molecule has 0 saturated heterocycles. The number of hydrogen-bond donors (Lipinski definition) is 1. The summed E-state index contributed by atoms with van der Waals surface area (Å²) < 4.78 is 2.69. The number of nitrogens with one attached hydrogen (secondary N) is 1. The molecule has 29 heavy (non-hydrogen) atoms. The van der Waals surface area contributed by atoms with Crippen molar-refractivity contribution in [2.45, 2.75) is 6.54 Å². The third-order valence-corrected chi connectivity index (χ3v) is 5.76. The molecule has 0 saturated carbocycles. The second-order valence-corrected chi connectivity index (χ2v) is 7.91. The molecular weight excluding hydrogens is 433 g/mol. The van der Waals surface area contributed by atoms with Crippen LogP contribution in [0.1, 0.15) is 0 Å². The van der Waals surface area contributed by atoms with Crippen LogP contribution in [0.5, 0.6) is 0 Å². The van der Waals surface area contributed by atoms with Crippen molar-refractivity contribution in [1.29, 1.82) is 0 Å². The van der Waals surface area contributed by atoms with Gasteiger partial charge in [0.1, 0.15) is 11.2 Å². The fraction of sp³-hybridized carbons (Fsp3) is 0.0500. The molecule has 4 aromatic rings. The number of halogens is 2. The van der Waals surface area contributed by atoms with Gasteiger partial charge in [-0.1, -0.05) is 35.3 Å². The molecule has 0 spiro atoms. The van der Waals surface area contributed by atoms with Crippen molar-refractivity contribution in [3.05, 3.63) is 90.9 Å². The highest BCUT2D eigenvalue weighted by atomic mass is 35.5. The molecular formula is C20H13Cl2N3O3S. The van der Waals surface area contributed by atoms with E-state index in [-0.39, 0.29) is 6.54 Å². The van der Waals surface area contributed by atoms with Gasteiger partial charge in [-0.3, -0.25) is 14.2 Å². The Morgan fingerprint density at radius 1 is 1.00 bits per heavy atom. The summed E-state index contributed by atoms with van der Waals surface area (Å²) in [6.45, 7) is -0.273. The summed E-state index contributed by atoms with van der Waals surface area (Å²) >= 11 is 13.2. The van der Waals surface area contributed by atoms with Gasteiger partial charge in [-0.15, -0.1) is 11.3 Å². The minimum Gasteiger partial charge on any atom is -0.323 e. The number of nitrogens with zero attached hydrogens (tertiary/aromatic N) is 2. The lowest BCUT2D eigenvalue weighted by Crippen LogP contribution is -2.40. The highest BCUT2D eigenvalue weighted by molar-refractivity contribution is 7.17. The Labute approximate surface area is 178 Å². The van der Waals surface area contributed by atoms with Crippen LogP contribution in [0.4, 0.5) is 5.69 Å². The van der Waals surface area contributed by atoms with Crippen molar-refractivity contribution < 1.29 is 4.79 Å². The minimum absolute atomic E-state index is 0.273. The number of amides is 1. The van der Waals surface area contributed by atoms with Gasteiger partial charge >= 0.3 is 5.69 Å². The van der Waals surface area contributed by atoms with E-state index < -0.39 is 17.2 Å². The molecule has 2 aromatic carbocycles. The van der Waals surface area contributed by atoms with Crippen LogP contribution in [0.2, 0.25) is 10.0 Å². The Hall–Kier alpha value is -2.87. The summed E-state index contributed by atoms with van der Waals surface area (Å²) in [6, 6.07) is 14.8. The van der Waals surface area contributed by atoms with Gasteiger partial charge in [0.2, 0.25) is 5.91 Å². The quantitative estimate of drug-likeness (QED) is 0.512. The zero-order valence-electron chi connectivity index (χ0n) is 14.8. The highest BCUT2D eigenvalue weighted by Gasteiger charge is 2.18. The number of thiophene rings is 1. The number of carbonyl (C=O) groups excluding carboxylic acids is 1. The Morgan fingerprint density at radius 2 is 1.72 bits per heavy atom. The normalized spacial score (nSPS) is 11.0. The molecule has 0 fully saturated rings. The van der Waals surface area contributed by atoms with Gasteiger partial charge in [0.05, 0.1) is 21.9 Å². The number of carbonyl (C=O) groups is 1. The van der Waals surface area contributed by atoms with Gasteiger partial charge in [0, 0.05) is 5.02 Å². The lowest BCUT2D eigenvalue weighted by Gasteiger charge is -2.13. The number of fused-ring (bicyclic) bond motifs is 1. The lowest BCUT2D eigenvalue weighted by molar-refractivity contribution is -0.116. The lowest BCUT2D eigenvalue weighted by atomic mass is 10.3. The Morgan fingerprint density at radius 3 is 2.45 bits per heavy atom. The van der Waals surface area contributed by atoms with Crippen molar-refractivity contribution in [3.63, 3.8) is 0 Å². The smallest absolute Gasteiger partial charge is 0.323 e. The molecule has 0 atom stereocenters. The van der Waals surface area contributed by atoms with Crippen molar-refractivity contribution in [3.8, 4) is 5.69 Å². The first-order chi connectivity index (χ1) is 14.0. The van der Waals surface area contributed by atoms with Gasteiger partial charge < -0.3 is 5.32 Å². The van der Waals surface area contributed by atoms with Crippen LogP contribution >= 0.6 is 34.5 Å². The summed E-state index contributed by atoms with van der Waals surface area (Å²) in [7, 11) is 0. The average Bonchev–Trinajstić information content (AvgIpc) is 3.19. The molecule has 1 N–H and O–H groups in total. The average molecular weight is 446 g/mol. The van der Waals surface area contributed by atoms with Crippen molar-refractivity contribution in [2.75, 3.05) is 5.32 Å². The van der Waals surface area contributed by atoms with Gasteiger partial charge in [-0.2, -0.15) is 0 Å². The van der Waals surface area contributed by atoms with Crippen LogP contribution in [0, 0.1) is 0 Å². The molecule has 1 amide bonds. The van der Waals surface area contributed by atoms with Gasteiger partial charge in [-0.05, 0) is 47.8 Å². The van der Waals surface area contributed by atoms with Gasteiger partial charge in [0.15, 0.2) is 0 Å². The van der Waals surface area contributed by atoms with Crippen LogP contribution in [0.25, 0.3) is 15.9 Å². The maximum absolute atomic E-state index is 13.1. The highest BCUT2D eigenvalue weighted by Crippen LogP contribution is 2.21. The third kappa shape index (κ3) is 3.72. The molecule has 6 nitrogen and oxygen atoms in total. The summed E-state index contributed by atoms with van der Waals surface area (Å²) in [5.74, 6) is -0.436. The van der Waals surface area contributed by atoms with E-state index in [4.69, 9.17) is 23.2 Å². The predicted molar refractivity (Wildman–Crippen MR) is 117 cm³/mol. The molecule has 0 unspecified atom stereocenters. The first-order valence-corrected chi connectivity index (χ1v) is 10.1. The fourth-order valence-electron chi connectivity index (χ4n) is 2.95. The van der Waals surface area contributed by atoms with Crippen LogP contribution in [0.15, 0.2) is 69.6 Å². The van der Waals surface area contributed by atoms with E-state index in [0.29, 0.717) is 31.6 Å². The predicted octanol–water partition coefficient (Wildman–Crippen LogP) is 4.16. The second kappa shape index (κ2) is 7.87. The van der Waals surface area contributed by atoms with Gasteiger partial charge in [0.25, 0.3) is 5.56 Å². The molecule has 2 heterocycles. The van der Waals surface area contributed by atoms with Crippen molar-refractivity contribution >= 4 is 56.3 Å². The largest absolute Gasteiger partial charge is 0.336 e. The first kappa shape index (κ1) is 19.4. The second-order valence-electron chi connectivity index (χ2n) is 6.15. The molecule has 0 bridgehead atoms. The summed E-state index contributed by atoms with van der Waals surface area (Å²) in [4.78, 5) is 38.6. The van der Waals surface area contributed by atoms with E-state index in [1.54, 1.807) is 60.0 Å². The van der Waals surface area contributed by atoms with E-state index in [1.807, 2.05) is 0 Å². The van der Waals surface area contributed by atoms with Crippen molar-refractivity contribution in [2.24, 2.45) is 0 Å². The van der Waals surface area contributed by atoms with E-state index in [1.165, 1.54) is 15.9 Å². The summed E-state index contributed by atoms with van der Waals surface area (Å²) in [5.41, 5.74) is 0.173. The molecule has 9 heteroatoms. The monoisotopic (exact) mass is 445 g/mol. The van der Waals surface area contributed by atoms with Crippen LogP contribution in [-0.2, 0) is 11.3 Å². The molecule has 4 rings (SSSR count). The SMILES string of the molecule is O=C(Cn1c(=O)n(-c2ccc(Cl)cc2)c(=O)c2sccc21)Nc1ccccc1Cl. The Balaban J connectivity index is 1.80. The fourth-order valence-corrected chi connectivity index (χ4v) is 4.09. The van der Waals surface area contributed by atoms with Crippen LogP contribution in [0.3, 0.4) is 0 Å². The van der Waals surface area contributed by atoms with Crippen LogP contribution in [-0.4, -0.2) is 15.0 Å². The maximum atomic E-state index is 13.1. The number of aromatic nitrogens is 2. The molecule has 0 radical (unpaired) electrons. The third-order valence-electron chi connectivity index (χ3n) is 4.29. The molecule has 0 aliphatic rings. The Bertz CT molecular complexity index is 1340. The summed E-state index contributed by atoms with van der Waals surface area (Å²) in [5, 5.41) is 5.27. The number of para-hydroxylation sites is 1. The molecule has 2 aromatic heterocycles. The number of hydrogen-bond acceptors (Lipinski definition) is 4. The number of anilines is 1. The summed E-state index contributed by atoms with van der Waals surface area (Å²) in [6.07, 6.45) is 0. The standard InChI is InChI=1S/C20H13Cl2N3O3S/c21-12-5-7-13(8-6-12)25-19(27)18-16(9-10-29-18)24(20(25)28)11-17(26)23-15-4-2-1-3-14(15)22/h1-10H,11H2,(H,23,26). The first-order valence-electron chi connectivity index (χ1n) is 8.49. The van der Waals surface area contributed by atoms with Crippen LogP contribution < -0.4 is 16.6 Å². The topological polar surface area (TPSA) is 73.1 Å². The van der Waals surface area contributed by atoms with E-state index in [9.17, 15) is 14.4 Å². The molecule has 0 aliphatic carbocycles. The number of rotatable bonds is 4. The molecule has 146 valence electrons. The minimum atomic E-state index is -0.613. The zero-order chi connectivity index (χ0) is 20.5. The van der Waals surface area contributed by atoms with E-state index >= 15 is 0 Å². The van der Waals surface area contributed by atoms with E-state index in [2.05, 4.69) is 5.32 Å². The molecule has 0 aliphatic heterocycles. The zero-order valence-corrected chi connectivity index (χ0v) is 17.1. The number of benzene rings is 2. The van der Waals surface area contributed by atoms with Gasteiger partial charge in [-0.25, -0.2) is 9.36 Å².